The van der Waals surface area contributed by atoms with Crippen molar-refractivity contribution in [2.75, 3.05) is 26.8 Å². The minimum Gasteiger partial charge on any atom is -0.459 e. The summed E-state index contributed by atoms with van der Waals surface area (Å²) in [5.74, 6) is 1.37. The average Bonchev–Trinajstić information content (AvgIpc) is 2.89. The summed E-state index contributed by atoms with van der Waals surface area (Å²) in [6.45, 7) is 1.73. The SMILES string of the molecule is CN=C(NCCCOCC(F)(F)F)NCc1oc2ccccc2c1C. The molecule has 1 heterocycles. The van der Waals surface area contributed by atoms with Crippen molar-refractivity contribution in [1.29, 1.82) is 0 Å². The molecule has 1 aromatic heterocycles. The quantitative estimate of drug-likeness (QED) is 0.453. The highest BCUT2D eigenvalue weighted by Crippen LogP contribution is 2.24. The summed E-state index contributed by atoms with van der Waals surface area (Å²) >= 11 is 0. The number of para-hydroxylation sites is 1. The van der Waals surface area contributed by atoms with Crippen molar-refractivity contribution in [3.05, 3.63) is 35.6 Å². The van der Waals surface area contributed by atoms with Crippen LogP contribution in [0.4, 0.5) is 13.2 Å². The van der Waals surface area contributed by atoms with E-state index in [0.29, 0.717) is 25.5 Å². The Bertz CT molecular complexity index is 711. The molecule has 2 aromatic rings. The molecule has 0 radical (unpaired) electrons. The third-order valence-corrected chi connectivity index (χ3v) is 3.61. The lowest BCUT2D eigenvalue weighted by molar-refractivity contribution is -0.173. The van der Waals surface area contributed by atoms with Gasteiger partial charge in [0.05, 0.1) is 6.54 Å². The maximum Gasteiger partial charge on any atom is 0.411 e. The number of aryl methyl sites for hydroxylation is 1. The Hall–Kier alpha value is -2.22. The average molecular weight is 357 g/mol. The van der Waals surface area contributed by atoms with Crippen molar-refractivity contribution in [2.45, 2.75) is 26.1 Å². The second-order valence-corrected chi connectivity index (χ2v) is 5.52. The first-order valence-corrected chi connectivity index (χ1v) is 7.96. The lowest BCUT2D eigenvalue weighted by Crippen LogP contribution is -2.37. The molecule has 0 saturated carbocycles. The second-order valence-electron chi connectivity index (χ2n) is 5.52. The molecule has 0 atom stereocenters. The van der Waals surface area contributed by atoms with E-state index in [0.717, 1.165) is 22.3 Å². The van der Waals surface area contributed by atoms with Gasteiger partial charge in [-0.25, -0.2) is 0 Å². The second kappa shape index (κ2) is 8.75. The summed E-state index contributed by atoms with van der Waals surface area (Å²) in [5.41, 5.74) is 1.90. The fourth-order valence-corrected chi connectivity index (χ4v) is 2.35. The summed E-state index contributed by atoms with van der Waals surface area (Å²) in [4.78, 5) is 4.08. The van der Waals surface area contributed by atoms with Crippen molar-refractivity contribution < 1.29 is 22.3 Å². The number of guanidine groups is 1. The molecule has 0 amide bonds. The van der Waals surface area contributed by atoms with Gasteiger partial charge in [-0.2, -0.15) is 13.2 Å². The number of nitrogens with one attached hydrogen (secondary N) is 2. The van der Waals surface area contributed by atoms with Gasteiger partial charge in [0.1, 0.15) is 18.0 Å². The molecule has 0 aliphatic heterocycles. The van der Waals surface area contributed by atoms with Gasteiger partial charge in [-0.1, -0.05) is 18.2 Å². The smallest absolute Gasteiger partial charge is 0.411 e. The number of hydrogen-bond donors (Lipinski definition) is 2. The molecule has 2 N–H and O–H groups in total. The number of hydrogen-bond acceptors (Lipinski definition) is 3. The molecule has 5 nitrogen and oxygen atoms in total. The van der Waals surface area contributed by atoms with Crippen LogP contribution in [-0.4, -0.2) is 38.9 Å². The van der Waals surface area contributed by atoms with E-state index in [4.69, 9.17) is 4.42 Å². The fraction of sp³-hybridized carbons (Fsp3) is 0.471. The van der Waals surface area contributed by atoms with Crippen molar-refractivity contribution in [1.82, 2.24) is 10.6 Å². The predicted molar refractivity (Wildman–Crippen MR) is 90.6 cm³/mol. The number of alkyl halides is 3. The highest BCUT2D eigenvalue weighted by atomic mass is 19.4. The van der Waals surface area contributed by atoms with E-state index in [-0.39, 0.29) is 6.61 Å². The van der Waals surface area contributed by atoms with E-state index in [9.17, 15) is 13.2 Å². The zero-order chi connectivity index (χ0) is 18.3. The standard InChI is InChI=1S/C17H22F3N3O2/c1-12-13-6-3-4-7-14(13)25-15(12)10-23-16(21-2)22-8-5-9-24-11-17(18,19)20/h3-4,6-7H,5,8-11H2,1-2H3,(H2,21,22,23). The molecule has 8 heteroatoms. The Morgan fingerprint density at radius 1 is 1.24 bits per heavy atom. The lowest BCUT2D eigenvalue weighted by atomic mass is 10.1. The molecule has 0 aliphatic rings. The zero-order valence-corrected chi connectivity index (χ0v) is 14.2. The van der Waals surface area contributed by atoms with Crippen molar-refractivity contribution in [3.8, 4) is 0 Å². The van der Waals surface area contributed by atoms with E-state index in [1.807, 2.05) is 31.2 Å². The van der Waals surface area contributed by atoms with E-state index in [1.54, 1.807) is 7.05 Å². The van der Waals surface area contributed by atoms with Crippen molar-refractivity contribution >= 4 is 16.9 Å². The summed E-state index contributed by atoms with van der Waals surface area (Å²) < 4.78 is 46.2. The van der Waals surface area contributed by atoms with Crippen LogP contribution >= 0.6 is 0 Å². The Morgan fingerprint density at radius 2 is 2.00 bits per heavy atom. The molecule has 1 aromatic carbocycles. The Morgan fingerprint density at radius 3 is 2.68 bits per heavy atom. The van der Waals surface area contributed by atoms with Crippen LogP contribution in [0.15, 0.2) is 33.7 Å². The van der Waals surface area contributed by atoms with Gasteiger partial charge < -0.3 is 19.8 Å². The summed E-state index contributed by atoms with van der Waals surface area (Å²) in [5, 5.41) is 7.23. The van der Waals surface area contributed by atoms with Crippen LogP contribution in [0.25, 0.3) is 11.0 Å². The molecule has 0 bridgehead atoms. The minimum atomic E-state index is -4.28. The number of aliphatic imine (C=N–C) groups is 1. The van der Waals surface area contributed by atoms with Crippen LogP contribution < -0.4 is 10.6 Å². The zero-order valence-electron chi connectivity index (χ0n) is 14.2. The number of fused-ring (bicyclic) bond motifs is 1. The van der Waals surface area contributed by atoms with Crippen LogP contribution in [0.2, 0.25) is 0 Å². The summed E-state index contributed by atoms with van der Waals surface area (Å²) in [7, 11) is 1.63. The van der Waals surface area contributed by atoms with Crippen LogP contribution in [0.1, 0.15) is 17.7 Å². The normalized spacial score (nSPS) is 12.6. The number of halogens is 3. The Kier molecular flexibility index (Phi) is 6.69. The molecule has 2 rings (SSSR count). The molecule has 138 valence electrons. The van der Waals surface area contributed by atoms with Gasteiger partial charge in [0, 0.05) is 31.1 Å². The van der Waals surface area contributed by atoms with Crippen LogP contribution in [0.3, 0.4) is 0 Å². The number of benzene rings is 1. The van der Waals surface area contributed by atoms with Gasteiger partial charge in [0.15, 0.2) is 5.96 Å². The van der Waals surface area contributed by atoms with Crippen LogP contribution in [0, 0.1) is 6.92 Å². The highest BCUT2D eigenvalue weighted by Gasteiger charge is 2.27. The van der Waals surface area contributed by atoms with Gasteiger partial charge >= 0.3 is 6.18 Å². The predicted octanol–water partition coefficient (Wildman–Crippen LogP) is 3.38. The summed E-state index contributed by atoms with van der Waals surface area (Å²) in [6.07, 6.45) is -3.84. The van der Waals surface area contributed by atoms with Gasteiger partial charge in [-0.05, 0) is 19.4 Å². The van der Waals surface area contributed by atoms with Gasteiger partial charge in [-0.15, -0.1) is 0 Å². The van der Waals surface area contributed by atoms with Crippen molar-refractivity contribution in [2.24, 2.45) is 4.99 Å². The number of ether oxygens (including phenoxy) is 1. The molecule has 0 fully saturated rings. The summed E-state index contributed by atoms with van der Waals surface area (Å²) in [6, 6.07) is 7.80. The maximum atomic E-state index is 11.9. The molecule has 0 saturated heterocycles. The molecule has 25 heavy (non-hydrogen) atoms. The first-order valence-electron chi connectivity index (χ1n) is 7.96. The molecule has 0 unspecified atom stereocenters. The number of furan rings is 1. The first kappa shape index (κ1) is 19.1. The largest absolute Gasteiger partial charge is 0.459 e. The lowest BCUT2D eigenvalue weighted by Gasteiger charge is -2.12. The third kappa shape index (κ3) is 5.97. The molecule has 0 aliphatic carbocycles. The molecular weight excluding hydrogens is 335 g/mol. The third-order valence-electron chi connectivity index (χ3n) is 3.61. The maximum absolute atomic E-state index is 11.9. The van der Waals surface area contributed by atoms with Gasteiger partial charge in [0.2, 0.25) is 0 Å². The van der Waals surface area contributed by atoms with E-state index in [2.05, 4.69) is 20.4 Å². The number of nitrogens with zero attached hydrogens (tertiary/aromatic N) is 1. The van der Waals surface area contributed by atoms with E-state index >= 15 is 0 Å². The number of rotatable bonds is 7. The first-order chi connectivity index (χ1) is 11.9. The Labute approximate surface area is 144 Å². The van der Waals surface area contributed by atoms with Crippen molar-refractivity contribution in [3.63, 3.8) is 0 Å². The van der Waals surface area contributed by atoms with E-state index < -0.39 is 12.8 Å². The monoisotopic (exact) mass is 357 g/mol. The van der Waals surface area contributed by atoms with Crippen LogP contribution in [-0.2, 0) is 11.3 Å². The Balaban J connectivity index is 1.74. The van der Waals surface area contributed by atoms with Gasteiger partial charge in [0.25, 0.3) is 0 Å². The highest BCUT2D eigenvalue weighted by molar-refractivity contribution is 5.82. The molecule has 0 spiro atoms. The van der Waals surface area contributed by atoms with E-state index in [1.165, 1.54) is 0 Å². The molecular formula is C17H22F3N3O2. The van der Waals surface area contributed by atoms with Gasteiger partial charge in [-0.3, -0.25) is 4.99 Å². The van der Waals surface area contributed by atoms with Crippen LogP contribution in [0.5, 0.6) is 0 Å². The fourth-order valence-electron chi connectivity index (χ4n) is 2.35. The minimum absolute atomic E-state index is 0.0339. The topological polar surface area (TPSA) is 58.8 Å².